The molecule has 1 aliphatic rings. The van der Waals surface area contributed by atoms with E-state index in [9.17, 15) is 9.18 Å². The number of benzene rings is 1. The van der Waals surface area contributed by atoms with E-state index in [1.165, 1.54) is 6.07 Å². The second kappa shape index (κ2) is 6.46. The van der Waals surface area contributed by atoms with Crippen molar-refractivity contribution in [2.24, 2.45) is 0 Å². The lowest BCUT2D eigenvalue weighted by atomic mass is 10.0. The largest absolute Gasteiger partial charge is 0.304 e. The third-order valence-corrected chi connectivity index (χ3v) is 4.09. The number of carbonyl (C=O) groups excluding carboxylic acids is 1. The van der Waals surface area contributed by atoms with Crippen molar-refractivity contribution < 1.29 is 9.18 Å². The van der Waals surface area contributed by atoms with E-state index in [0.717, 1.165) is 26.2 Å². The number of ketones is 1. The van der Waals surface area contributed by atoms with Gasteiger partial charge in [-0.1, -0.05) is 12.1 Å². The highest BCUT2D eigenvalue weighted by atomic mass is 19.1. The van der Waals surface area contributed by atoms with Crippen molar-refractivity contribution in [2.45, 2.75) is 26.3 Å². The summed E-state index contributed by atoms with van der Waals surface area (Å²) in [5.41, 5.74) is 1.06. The van der Waals surface area contributed by atoms with Crippen LogP contribution in [0.3, 0.4) is 0 Å². The van der Waals surface area contributed by atoms with E-state index in [4.69, 9.17) is 0 Å². The Morgan fingerprint density at radius 1 is 1.40 bits per heavy atom. The highest BCUT2D eigenvalue weighted by Gasteiger charge is 2.21. The minimum atomic E-state index is -0.302. The zero-order valence-corrected chi connectivity index (χ0v) is 12.5. The first kappa shape index (κ1) is 15.1. The molecule has 1 aromatic carbocycles. The van der Waals surface area contributed by atoms with Gasteiger partial charge < -0.3 is 4.90 Å². The Hall–Kier alpha value is -1.26. The van der Waals surface area contributed by atoms with E-state index in [1.54, 1.807) is 19.1 Å². The van der Waals surface area contributed by atoms with Gasteiger partial charge >= 0.3 is 0 Å². The quantitative estimate of drug-likeness (QED) is 0.790. The van der Waals surface area contributed by atoms with Crippen LogP contribution in [0.25, 0.3) is 0 Å². The lowest BCUT2D eigenvalue weighted by Crippen LogP contribution is -2.50. The van der Waals surface area contributed by atoms with Crippen molar-refractivity contribution in [3.63, 3.8) is 0 Å². The summed E-state index contributed by atoms with van der Waals surface area (Å²) < 4.78 is 13.5. The molecule has 1 aromatic rings. The molecule has 0 spiro atoms. The molecule has 0 aromatic heterocycles. The van der Waals surface area contributed by atoms with Crippen molar-refractivity contribution in [3.05, 3.63) is 35.1 Å². The van der Waals surface area contributed by atoms with Crippen LogP contribution in [0.1, 0.15) is 29.3 Å². The Kier molecular flexibility index (Phi) is 4.89. The maximum Gasteiger partial charge on any atom is 0.164 e. The summed E-state index contributed by atoms with van der Waals surface area (Å²) in [5, 5.41) is 0. The SMILES string of the molecule is Cc1ccc(C(=O)CCN2CCN(C)CC2C)cc1F. The molecule has 1 saturated heterocycles. The van der Waals surface area contributed by atoms with Gasteiger partial charge in [0, 0.05) is 44.2 Å². The Balaban J connectivity index is 1.90. The monoisotopic (exact) mass is 278 g/mol. The molecule has 1 fully saturated rings. The molecule has 110 valence electrons. The van der Waals surface area contributed by atoms with Crippen LogP contribution in [-0.2, 0) is 0 Å². The molecule has 0 saturated carbocycles. The van der Waals surface area contributed by atoms with Gasteiger partial charge in [0.05, 0.1) is 0 Å². The number of hydrogen-bond donors (Lipinski definition) is 0. The van der Waals surface area contributed by atoms with E-state index >= 15 is 0 Å². The Bertz CT molecular complexity index is 489. The fourth-order valence-electron chi connectivity index (χ4n) is 2.67. The molecule has 0 radical (unpaired) electrons. The molecular weight excluding hydrogens is 255 g/mol. The summed E-state index contributed by atoms with van der Waals surface area (Å²) in [5.74, 6) is -0.279. The van der Waals surface area contributed by atoms with Crippen LogP contribution in [0.4, 0.5) is 4.39 Å². The summed E-state index contributed by atoms with van der Waals surface area (Å²) in [6.07, 6.45) is 0.455. The van der Waals surface area contributed by atoms with Crippen LogP contribution in [0, 0.1) is 12.7 Å². The summed E-state index contributed by atoms with van der Waals surface area (Å²) in [6, 6.07) is 5.21. The van der Waals surface area contributed by atoms with Crippen molar-refractivity contribution in [2.75, 3.05) is 33.2 Å². The van der Waals surface area contributed by atoms with Gasteiger partial charge in [0.15, 0.2) is 5.78 Å². The number of nitrogens with zero attached hydrogens (tertiary/aromatic N) is 2. The molecule has 3 nitrogen and oxygen atoms in total. The lowest BCUT2D eigenvalue weighted by Gasteiger charge is -2.38. The van der Waals surface area contributed by atoms with E-state index in [1.807, 2.05) is 0 Å². The van der Waals surface area contributed by atoms with Crippen LogP contribution in [0.5, 0.6) is 0 Å². The van der Waals surface area contributed by atoms with Gasteiger partial charge in [-0.05, 0) is 32.5 Å². The predicted molar refractivity (Wildman–Crippen MR) is 78.6 cm³/mol. The average molecular weight is 278 g/mol. The number of halogens is 1. The molecule has 1 aliphatic heterocycles. The van der Waals surface area contributed by atoms with Crippen molar-refractivity contribution >= 4 is 5.78 Å². The first-order valence-electron chi connectivity index (χ1n) is 7.19. The van der Waals surface area contributed by atoms with Crippen LogP contribution < -0.4 is 0 Å². The number of rotatable bonds is 4. The second-order valence-electron chi connectivity index (χ2n) is 5.78. The molecule has 0 amide bonds. The highest BCUT2D eigenvalue weighted by molar-refractivity contribution is 5.96. The third-order valence-electron chi connectivity index (χ3n) is 4.09. The van der Waals surface area contributed by atoms with E-state index < -0.39 is 0 Å². The lowest BCUT2D eigenvalue weighted by molar-refractivity contribution is 0.0843. The molecule has 0 N–H and O–H groups in total. The van der Waals surface area contributed by atoms with Crippen molar-refractivity contribution in [3.8, 4) is 0 Å². The fourth-order valence-corrected chi connectivity index (χ4v) is 2.67. The van der Waals surface area contributed by atoms with Crippen LogP contribution in [0.2, 0.25) is 0 Å². The minimum Gasteiger partial charge on any atom is -0.304 e. The zero-order chi connectivity index (χ0) is 14.7. The van der Waals surface area contributed by atoms with E-state index in [-0.39, 0.29) is 11.6 Å². The molecule has 20 heavy (non-hydrogen) atoms. The molecule has 2 rings (SSSR count). The first-order chi connectivity index (χ1) is 9.47. The van der Waals surface area contributed by atoms with Gasteiger partial charge in [-0.15, -0.1) is 0 Å². The van der Waals surface area contributed by atoms with Crippen LogP contribution >= 0.6 is 0 Å². The smallest absolute Gasteiger partial charge is 0.164 e. The van der Waals surface area contributed by atoms with Crippen molar-refractivity contribution in [1.82, 2.24) is 9.80 Å². The Morgan fingerprint density at radius 2 is 2.15 bits per heavy atom. The highest BCUT2D eigenvalue weighted by Crippen LogP contribution is 2.13. The fraction of sp³-hybridized carbons (Fsp3) is 0.562. The second-order valence-corrected chi connectivity index (χ2v) is 5.78. The zero-order valence-electron chi connectivity index (χ0n) is 12.5. The van der Waals surface area contributed by atoms with Gasteiger partial charge in [-0.3, -0.25) is 9.69 Å². The molecule has 1 heterocycles. The normalized spacial score (nSPS) is 21.1. The molecule has 1 atom stereocenters. The summed E-state index contributed by atoms with van der Waals surface area (Å²) in [7, 11) is 2.12. The molecule has 0 aliphatic carbocycles. The van der Waals surface area contributed by atoms with Crippen molar-refractivity contribution in [1.29, 1.82) is 0 Å². The molecule has 0 bridgehead atoms. The van der Waals surface area contributed by atoms with E-state index in [2.05, 4.69) is 23.8 Å². The Labute approximate surface area is 120 Å². The maximum atomic E-state index is 13.5. The third kappa shape index (κ3) is 3.64. The number of hydrogen-bond acceptors (Lipinski definition) is 3. The standard InChI is InChI=1S/C16H23FN2O/c1-12-4-5-14(10-15(12)17)16(20)6-7-19-9-8-18(3)11-13(19)2/h4-5,10,13H,6-9,11H2,1-3H3. The van der Waals surface area contributed by atoms with Gasteiger partial charge in [0.25, 0.3) is 0 Å². The predicted octanol–water partition coefficient (Wildman–Crippen LogP) is 2.34. The maximum absolute atomic E-state index is 13.5. The topological polar surface area (TPSA) is 23.6 Å². The van der Waals surface area contributed by atoms with Crippen LogP contribution in [-0.4, -0.2) is 54.9 Å². The number of carbonyl (C=O) groups is 1. The Morgan fingerprint density at radius 3 is 2.80 bits per heavy atom. The number of Topliss-reactive ketones (excluding diaryl/α,β-unsaturated/α-hetero) is 1. The number of aryl methyl sites for hydroxylation is 1. The van der Waals surface area contributed by atoms with Gasteiger partial charge in [-0.25, -0.2) is 4.39 Å². The summed E-state index contributed by atoms with van der Waals surface area (Å²) in [4.78, 5) is 16.8. The molecule has 1 unspecified atom stereocenters. The summed E-state index contributed by atoms with van der Waals surface area (Å²) in [6.45, 7) is 7.71. The van der Waals surface area contributed by atoms with Gasteiger partial charge in [0.1, 0.15) is 5.82 Å². The number of likely N-dealkylation sites (N-methyl/N-ethyl adjacent to an activating group) is 1. The van der Waals surface area contributed by atoms with E-state index in [0.29, 0.717) is 23.6 Å². The van der Waals surface area contributed by atoms with Gasteiger partial charge in [0.2, 0.25) is 0 Å². The molecular formula is C16H23FN2O. The average Bonchev–Trinajstić information content (AvgIpc) is 2.40. The molecule has 4 heteroatoms. The minimum absolute atomic E-state index is 0.0232. The number of piperazine rings is 1. The van der Waals surface area contributed by atoms with Crippen LogP contribution in [0.15, 0.2) is 18.2 Å². The van der Waals surface area contributed by atoms with Gasteiger partial charge in [-0.2, -0.15) is 0 Å². The first-order valence-corrected chi connectivity index (χ1v) is 7.19. The summed E-state index contributed by atoms with van der Waals surface area (Å²) >= 11 is 0.